The third-order valence-electron chi connectivity index (χ3n) is 5.87. The molecule has 1 aliphatic heterocycles. The fourth-order valence-electron chi connectivity index (χ4n) is 4.16. The van der Waals surface area contributed by atoms with E-state index in [2.05, 4.69) is 0 Å². The van der Waals surface area contributed by atoms with Gasteiger partial charge in [0.2, 0.25) is 10.0 Å². The largest absolute Gasteiger partial charge is 0.329 e. The van der Waals surface area contributed by atoms with Crippen molar-refractivity contribution in [2.45, 2.75) is 44.0 Å². The quantitative estimate of drug-likeness (QED) is 0.512. The van der Waals surface area contributed by atoms with Crippen molar-refractivity contribution < 1.29 is 17.6 Å². The van der Waals surface area contributed by atoms with Gasteiger partial charge in [-0.15, -0.1) is 11.3 Å². The number of benzene rings is 2. The zero-order valence-electron chi connectivity index (χ0n) is 18.1. The molecular formula is C23H26FN3O3S2. The Bertz CT molecular complexity index is 1210. The highest BCUT2D eigenvalue weighted by molar-refractivity contribution is 7.89. The van der Waals surface area contributed by atoms with Crippen molar-refractivity contribution >= 4 is 37.5 Å². The second-order valence-electron chi connectivity index (χ2n) is 7.76. The van der Waals surface area contributed by atoms with E-state index in [0.717, 1.165) is 40.6 Å². The van der Waals surface area contributed by atoms with E-state index in [9.17, 15) is 17.6 Å². The number of hydrogen-bond donors (Lipinski definition) is 0. The number of para-hydroxylation sites is 1. The topological polar surface area (TPSA) is 70.6 Å². The highest BCUT2D eigenvalue weighted by atomic mass is 32.2. The fourth-order valence-corrected chi connectivity index (χ4v) is 6.76. The van der Waals surface area contributed by atoms with Crippen LogP contribution >= 0.6 is 11.3 Å². The maximum atomic E-state index is 14.8. The van der Waals surface area contributed by atoms with Gasteiger partial charge in [-0.25, -0.2) is 17.8 Å². The van der Waals surface area contributed by atoms with E-state index in [0.29, 0.717) is 19.6 Å². The molecule has 0 aliphatic carbocycles. The van der Waals surface area contributed by atoms with Crippen molar-refractivity contribution in [2.24, 2.45) is 0 Å². The fraction of sp³-hybridized carbons (Fsp3) is 0.391. The molecule has 170 valence electrons. The van der Waals surface area contributed by atoms with Crippen LogP contribution in [0.4, 0.5) is 4.39 Å². The van der Waals surface area contributed by atoms with Crippen LogP contribution in [0.25, 0.3) is 10.2 Å². The standard InChI is InChI=1S/C23H26FN3O3S2/c1-3-26(4-2)32(29,30)16-12-13-18(24)17(15-16)23(28)27-14-8-7-10-20(27)22-25-19-9-5-6-11-21(19)31-22/h5-6,9,11-13,15,20H,3-4,7-8,10,14H2,1-2H3. The molecule has 6 nitrogen and oxygen atoms in total. The Kier molecular flexibility index (Phi) is 6.60. The van der Waals surface area contributed by atoms with E-state index in [1.54, 1.807) is 30.1 Å². The van der Waals surface area contributed by atoms with Crippen molar-refractivity contribution in [2.75, 3.05) is 19.6 Å². The molecule has 1 atom stereocenters. The summed E-state index contributed by atoms with van der Waals surface area (Å²) < 4.78 is 42.9. The first-order valence-corrected chi connectivity index (χ1v) is 13.1. The number of carbonyl (C=O) groups excluding carboxylic acids is 1. The van der Waals surface area contributed by atoms with E-state index < -0.39 is 21.7 Å². The van der Waals surface area contributed by atoms with Crippen LogP contribution in [-0.4, -0.2) is 48.1 Å². The highest BCUT2D eigenvalue weighted by Crippen LogP contribution is 2.37. The minimum atomic E-state index is -3.80. The van der Waals surface area contributed by atoms with E-state index >= 15 is 0 Å². The van der Waals surface area contributed by atoms with E-state index in [1.807, 2.05) is 24.3 Å². The van der Waals surface area contributed by atoms with E-state index in [4.69, 9.17) is 4.98 Å². The second-order valence-corrected chi connectivity index (χ2v) is 10.8. The molecule has 0 bridgehead atoms. The van der Waals surface area contributed by atoms with Crippen LogP contribution < -0.4 is 0 Å². The number of fused-ring (bicyclic) bond motifs is 1. The van der Waals surface area contributed by atoms with Crippen LogP contribution in [0.5, 0.6) is 0 Å². The van der Waals surface area contributed by atoms with Gasteiger partial charge in [-0.1, -0.05) is 26.0 Å². The number of amides is 1. The van der Waals surface area contributed by atoms with Crippen molar-refractivity contribution in [3.05, 3.63) is 58.9 Å². The number of piperidine rings is 1. The summed E-state index contributed by atoms with van der Waals surface area (Å²) in [7, 11) is -3.80. The first-order valence-electron chi connectivity index (χ1n) is 10.8. The first kappa shape index (κ1) is 22.8. The van der Waals surface area contributed by atoms with Gasteiger partial charge in [0, 0.05) is 19.6 Å². The van der Waals surface area contributed by atoms with Crippen LogP contribution in [0.3, 0.4) is 0 Å². The van der Waals surface area contributed by atoms with Crippen molar-refractivity contribution in [3.63, 3.8) is 0 Å². The number of rotatable bonds is 6. The van der Waals surface area contributed by atoms with Crippen LogP contribution in [0.15, 0.2) is 47.4 Å². The maximum Gasteiger partial charge on any atom is 0.257 e. The molecule has 32 heavy (non-hydrogen) atoms. The summed E-state index contributed by atoms with van der Waals surface area (Å²) in [4.78, 5) is 19.8. The second kappa shape index (κ2) is 9.25. The lowest BCUT2D eigenvalue weighted by Crippen LogP contribution is -2.39. The predicted molar refractivity (Wildman–Crippen MR) is 124 cm³/mol. The Morgan fingerprint density at radius 3 is 2.66 bits per heavy atom. The van der Waals surface area contributed by atoms with Gasteiger partial charge in [-0.05, 0) is 49.6 Å². The first-order chi connectivity index (χ1) is 15.4. The molecular weight excluding hydrogens is 449 g/mol. The Morgan fingerprint density at radius 1 is 1.19 bits per heavy atom. The van der Waals surface area contributed by atoms with Gasteiger partial charge in [0.25, 0.3) is 5.91 Å². The minimum Gasteiger partial charge on any atom is -0.329 e. The van der Waals surface area contributed by atoms with Gasteiger partial charge in [0.15, 0.2) is 0 Å². The minimum absolute atomic E-state index is 0.0699. The monoisotopic (exact) mass is 475 g/mol. The van der Waals surface area contributed by atoms with Gasteiger partial charge in [-0.3, -0.25) is 4.79 Å². The average molecular weight is 476 g/mol. The lowest BCUT2D eigenvalue weighted by Gasteiger charge is -2.34. The highest BCUT2D eigenvalue weighted by Gasteiger charge is 2.33. The molecule has 9 heteroatoms. The molecule has 2 heterocycles. The smallest absolute Gasteiger partial charge is 0.257 e. The number of thiazole rings is 1. The molecule has 1 aromatic heterocycles. The molecule has 1 fully saturated rings. The number of aromatic nitrogens is 1. The number of nitrogens with zero attached hydrogens (tertiary/aromatic N) is 3. The SMILES string of the molecule is CCN(CC)S(=O)(=O)c1ccc(F)c(C(=O)N2CCCCC2c2nc3ccccc3s2)c1. The number of halogens is 1. The molecule has 3 aromatic rings. The van der Waals surface area contributed by atoms with Gasteiger partial charge < -0.3 is 4.90 Å². The normalized spacial score (nSPS) is 17.2. The number of hydrogen-bond acceptors (Lipinski definition) is 5. The summed E-state index contributed by atoms with van der Waals surface area (Å²) in [6, 6.07) is 11.0. The maximum absolute atomic E-state index is 14.8. The molecule has 0 spiro atoms. The molecule has 0 saturated carbocycles. The Hall–Kier alpha value is -2.36. The molecule has 0 N–H and O–H groups in total. The Balaban J connectivity index is 1.70. The van der Waals surface area contributed by atoms with Crippen molar-refractivity contribution in [1.29, 1.82) is 0 Å². The third kappa shape index (κ3) is 4.16. The summed E-state index contributed by atoms with van der Waals surface area (Å²) in [6.45, 7) is 4.56. The summed E-state index contributed by atoms with van der Waals surface area (Å²) in [5.41, 5.74) is 0.662. The number of carbonyl (C=O) groups is 1. The van der Waals surface area contributed by atoms with E-state index in [-0.39, 0.29) is 16.5 Å². The van der Waals surface area contributed by atoms with Crippen LogP contribution in [-0.2, 0) is 10.0 Å². The summed E-state index contributed by atoms with van der Waals surface area (Å²) in [5, 5.41) is 0.826. The van der Waals surface area contributed by atoms with Crippen molar-refractivity contribution in [1.82, 2.24) is 14.2 Å². The lowest BCUT2D eigenvalue weighted by molar-refractivity contribution is 0.0606. The molecule has 0 radical (unpaired) electrons. The van der Waals surface area contributed by atoms with Crippen LogP contribution in [0.2, 0.25) is 0 Å². The average Bonchev–Trinajstić information content (AvgIpc) is 3.23. The predicted octanol–water partition coefficient (Wildman–Crippen LogP) is 4.83. The van der Waals surface area contributed by atoms with E-state index in [1.165, 1.54) is 16.4 Å². The van der Waals surface area contributed by atoms with Gasteiger partial charge in [0.05, 0.1) is 26.7 Å². The summed E-state index contributed by atoms with van der Waals surface area (Å²) in [6.07, 6.45) is 2.50. The molecule has 1 unspecified atom stereocenters. The molecule has 1 aliphatic rings. The number of likely N-dealkylation sites (tertiary alicyclic amines) is 1. The lowest BCUT2D eigenvalue weighted by atomic mass is 10.0. The molecule has 1 saturated heterocycles. The Morgan fingerprint density at radius 2 is 1.94 bits per heavy atom. The zero-order valence-corrected chi connectivity index (χ0v) is 19.8. The Labute approximate surface area is 191 Å². The molecule has 2 aromatic carbocycles. The zero-order chi connectivity index (χ0) is 22.9. The van der Waals surface area contributed by atoms with Crippen LogP contribution in [0.1, 0.15) is 54.5 Å². The molecule has 4 rings (SSSR count). The number of sulfonamides is 1. The van der Waals surface area contributed by atoms with Crippen LogP contribution in [0, 0.1) is 5.82 Å². The van der Waals surface area contributed by atoms with Gasteiger partial charge >= 0.3 is 0 Å². The van der Waals surface area contributed by atoms with Crippen molar-refractivity contribution in [3.8, 4) is 0 Å². The third-order valence-corrected chi connectivity index (χ3v) is 9.05. The van der Waals surface area contributed by atoms with Gasteiger partial charge in [0.1, 0.15) is 10.8 Å². The summed E-state index contributed by atoms with van der Waals surface area (Å²) in [5.74, 6) is -1.22. The summed E-state index contributed by atoms with van der Waals surface area (Å²) >= 11 is 1.54. The molecule has 1 amide bonds. The van der Waals surface area contributed by atoms with Gasteiger partial charge in [-0.2, -0.15) is 4.31 Å².